The van der Waals surface area contributed by atoms with Crippen molar-refractivity contribution in [2.45, 2.75) is 10.4 Å². The van der Waals surface area contributed by atoms with Crippen LogP contribution in [0.1, 0.15) is 5.56 Å². The third kappa shape index (κ3) is 2.82. The highest BCUT2D eigenvalue weighted by molar-refractivity contribution is 9.10. The van der Waals surface area contributed by atoms with E-state index in [-0.39, 0.29) is 15.9 Å². The molecule has 1 aromatic carbocycles. The van der Waals surface area contributed by atoms with Crippen LogP contribution in [0.4, 0.5) is 13.2 Å². The van der Waals surface area contributed by atoms with Gasteiger partial charge in [0.2, 0.25) is 0 Å². The standard InChI is InChI=1S/C12H6BrF3N2O2S/c13-10-5-9(21(19,20)12(14,15)16)11(18-10)8-3-1-7(6-17)2-4-8/h1-5,18H. The Morgan fingerprint density at radius 3 is 2.24 bits per heavy atom. The molecule has 2 rings (SSSR count). The van der Waals surface area contributed by atoms with Gasteiger partial charge >= 0.3 is 5.51 Å². The van der Waals surface area contributed by atoms with Crippen LogP contribution < -0.4 is 0 Å². The summed E-state index contributed by atoms with van der Waals surface area (Å²) >= 11 is 2.93. The highest BCUT2D eigenvalue weighted by Crippen LogP contribution is 2.37. The largest absolute Gasteiger partial charge is 0.501 e. The molecule has 2 aromatic rings. The van der Waals surface area contributed by atoms with Crippen LogP contribution in [-0.4, -0.2) is 18.9 Å². The average molecular weight is 379 g/mol. The second-order valence-corrected chi connectivity index (χ2v) is 6.76. The first-order valence-corrected chi connectivity index (χ1v) is 7.65. The minimum atomic E-state index is -5.48. The van der Waals surface area contributed by atoms with E-state index in [0.717, 1.165) is 6.07 Å². The van der Waals surface area contributed by atoms with E-state index in [1.54, 1.807) is 0 Å². The quantitative estimate of drug-likeness (QED) is 0.867. The Kier molecular flexibility index (Phi) is 3.86. The van der Waals surface area contributed by atoms with E-state index < -0.39 is 20.2 Å². The molecule has 1 aromatic heterocycles. The lowest BCUT2D eigenvalue weighted by atomic mass is 10.1. The van der Waals surface area contributed by atoms with Crippen molar-refractivity contribution in [1.82, 2.24) is 4.98 Å². The minimum Gasteiger partial charge on any atom is -0.348 e. The van der Waals surface area contributed by atoms with Crippen LogP contribution in [0.15, 0.2) is 39.8 Å². The average Bonchev–Trinajstić information content (AvgIpc) is 2.80. The number of alkyl halides is 3. The van der Waals surface area contributed by atoms with E-state index in [1.165, 1.54) is 24.3 Å². The molecule has 9 heteroatoms. The van der Waals surface area contributed by atoms with Crippen LogP contribution in [0.2, 0.25) is 0 Å². The van der Waals surface area contributed by atoms with Crippen LogP contribution in [0.25, 0.3) is 11.3 Å². The van der Waals surface area contributed by atoms with E-state index >= 15 is 0 Å². The van der Waals surface area contributed by atoms with Crippen molar-refractivity contribution in [2.75, 3.05) is 0 Å². The molecule has 0 aliphatic carbocycles. The fourth-order valence-electron chi connectivity index (χ4n) is 1.67. The Morgan fingerprint density at radius 1 is 1.19 bits per heavy atom. The van der Waals surface area contributed by atoms with E-state index in [4.69, 9.17) is 5.26 Å². The molecule has 21 heavy (non-hydrogen) atoms. The number of hydrogen-bond acceptors (Lipinski definition) is 3. The summed E-state index contributed by atoms with van der Waals surface area (Å²) in [5, 5.41) is 8.68. The van der Waals surface area contributed by atoms with Crippen LogP contribution in [-0.2, 0) is 9.84 Å². The van der Waals surface area contributed by atoms with Crippen molar-refractivity contribution in [3.63, 3.8) is 0 Å². The minimum absolute atomic E-state index is 0.102. The summed E-state index contributed by atoms with van der Waals surface area (Å²) in [6.45, 7) is 0. The van der Waals surface area contributed by atoms with Crippen molar-refractivity contribution < 1.29 is 21.6 Å². The molecule has 0 aliphatic rings. The summed E-state index contributed by atoms with van der Waals surface area (Å²) in [6, 6.07) is 8.22. The van der Waals surface area contributed by atoms with Gasteiger partial charge in [-0.05, 0) is 39.7 Å². The number of H-pyrrole nitrogens is 1. The first-order chi connectivity index (χ1) is 9.66. The molecule has 0 bridgehead atoms. The topological polar surface area (TPSA) is 73.7 Å². The maximum atomic E-state index is 12.7. The summed E-state index contributed by atoms with van der Waals surface area (Å²) in [5.41, 5.74) is -5.05. The Morgan fingerprint density at radius 2 is 1.76 bits per heavy atom. The SMILES string of the molecule is N#Cc1ccc(-c2[nH]c(Br)cc2S(=O)(=O)C(F)(F)F)cc1. The number of nitrogens with zero attached hydrogens (tertiary/aromatic N) is 1. The predicted octanol–water partition coefficient (Wildman–Crippen LogP) is 3.61. The summed E-state index contributed by atoms with van der Waals surface area (Å²) in [5.74, 6) is 0. The summed E-state index contributed by atoms with van der Waals surface area (Å²) in [4.78, 5) is 1.66. The van der Waals surface area contributed by atoms with Gasteiger partial charge in [-0.25, -0.2) is 8.42 Å². The number of benzene rings is 1. The van der Waals surface area contributed by atoms with Gasteiger partial charge in [-0.1, -0.05) is 12.1 Å². The summed E-state index contributed by atoms with van der Waals surface area (Å²) < 4.78 is 61.3. The fourth-order valence-corrected chi connectivity index (χ4v) is 3.21. The zero-order chi connectivity index (χ0) is 15.8. The lowest BCUT2D eigenvalue weighted by molar-refractivity contribution is -0.0435. The maximum absolute atomic E-state index is 12.7. The predicted molar refractivity (Wildman–Crippen MR) is 71.9 cm³/mol. The third-order valence-electron chi connectivity index (χ3n) is 2.65. The fraction of sp³-hybridized carbons (Fsp3) is 0.0833. The highest BCUT2D eigenvalue weighted by Gasteiger charge is 2.48. The van der Waals surface area contributed by atoms with Crippen molar-refractivity contribution in [3.05, 3.63) is 40.5 Å². The van der Waals surface area contributed by atoms with E-state index in [0.29, 0.717) is 5.56 Å². The molecule has 4 nitrogen and oxygen atoms in total. The van der Waals surface area contributed by atoms with Gasteiger partial charge in [0, 0.05) is 0 Å². The Labute approximate surface area is 126 Å². The van der Waals surface area contributed by atoms with Gasteiger partial charge in [-0.15, -0.1) is 0 Å². The molecule has 0 saturated carbocycles. The van der Waals surface area contributed by atoms with Crippen molar-refractivity contribution in [2.24, 2.45) is 0 Å². The summed E-state index contributed by atoms with van der Waals surface area (Å²) in [7, 11) is -5.48. The van der Waals surface area contributed by atoms with Crippen molar-refractivity contribution >= 4 is 25.8 Å². The molecule has 0 unspecified atom stereocenters. The second-order valence-electron chi connectivity index (χ2n) is 3.99. The Bertz CT molecular complexity index is 818. The van der Waals surface area contributed by atoms with E-state index in [1.807, 2.05) is 6.07 Å². The number of sulfone groups is 1. The van der Waals surface area contributed by atoms with Gasteiger partial charge in [0.05, 0.1) is 21.9 Å². The van der Waals surface area contributed by atoms with Crippen molar-refractivity contribution in [1.29, 1.82) is 5.26 Å². The number of nitriles is 1. The molecule has 0 aliphatic heterocycles. The zero-order valence-corrected chi connectivity index (χ0v) is 12.5. The first kappa shape index (κ1) is 15.6. The molecule has 0 amide bonds. The molecule has 1 N–H and O–H groups in total. The maximum Gasteiger partial charge on any atom is 0.501 e. The lowest BCUT2D eigenvalue weighted by Crippen LogP contribution is -2.23. The molecule has 0 atom stereocenters. The Hall–Kier alpha value is -1.79. The number of rotatable bonds is 2. The van der Waals surface area contributed by atoms with Gasteiger partial charge in [0.25, 0.3) is 9.84 Å². The molecular formula is C12H6BrF3N2O2S. The van der Waals surface area contributed by atoms with Gasteiger partial charge in [0.15, 0.2) is 0 Å². The Balaban J connectivity index is 2.64. The smallest absolute Gasteiger partial charge is 0.348 e. The highest BCUT2D eigenvalue weighted by atomic mass is 79.9. The van der Waals surface area contributed by atoms with Crippen LogP contribution in [0, 0.1) is 11.3 Å². The number of nitrogens with one attached hydrogen (secondary N) is 1. The molecule has 1 heterocycles. The lowest BCUT2D eigenvalue weighted by Gasteiger charge is -2.09. The number of aromatic amines is 1. The number of halogens is 4. The van der Waals surface area contributed by atoms with Crippen LogP contribution >= 0.6 is 15.9 Å². The first-order valence-electron chi connectivity index (χ1n) is 5.37. The molecule has 0 radical (unpaired) electrons. The van der Waals surface area contributed by atoms with Gasteiger partial charge in [-0.2, -0.15) is 18.4 Å². The molecule has 0 fully saturated rings. The third-order valence-corrected chi connectivity index (χ3v) is 4.58. The number of hydrogen-bond donors (Lipinski definition) is 1. The second kappa shape index (κ2) is 5.20. The van der Waals surface area contributed by atoms with E-state index in [9.17, 15) is 21.6 Å². The zero-order valence-electron chi connectivity index (χ0n) is 10.1. The normalized spacial score (nSPS) is 12.1. The molecule has 0 spiro atoms. The van der Waals surface area contributed by atoms with Crippen LogP contribution in [0.3, 0.4) is 0 Å². The van der Waals surface area contributed by atoms with Crippen molar-refractivity contribution in [3.8, 4) is 17.3 Å². The number of aromatic nitrogens is 1. The van der Waals surface area contributed by atoms with Gasteiger partial charge in [0.1, 0.15) is 4.90 Å². The molecule has 110 valence electrons. The van der Waals surface area contributed by atoms with Gasteiger partial charge < -0.3 is 4.98 Å². The monoisotopic (exact) mass is 378 g/mol. The van der Waals surface area contributed by atoms with Gasteiger partial charge in [-0.3, -0.25) is 0 Å². The van der Waals surface area contributed by atoms with E-state index in [2.05, 4.69) is 20.9 Å². The summed E-state index contributed by atoms with van der Waals surface area (Å²) in [6.07, 6.45) is 0. The molecular weight excluding hydrogens is 373 g/mol. The molecule has 0 saturated heterocycles. The van der Waals surface area contributed by atoms with Crippen LogP contribution in [0.5, 0.6) is 0 Å².